The van der Waals surface area contributed by atoms with E-state index in [0.29, 0.717) is 23.6 Å². The van der Waals surface area contributed by atoms with Gasteiger partial charge >= 0.3 is 0 Å². The molecule has 1 aromatic heterocycles. The van der Waals surface area contributed by atoms with Gasteiger partial charge in [0.05, 0.1) is 7.11 Å². The van der Waals surface area contributed by atoms with Gasteiger partial charge in [0, 0.05) is 29.9 Å². The summed E-state index contributed by atoms with van der Waals surface area (Å²) in [5.74, 6) is 1.94. The first kappa shape index (κ1) is 19.9. The van der Waals surface area contributed by atoms with Gasteiger partial charge in [-0.3, -0.25) is 9.78 Å². The van der Waals surface area contributed by atoms with Gasteiger partial charge in [-0.05, 0) is 71.0 Å². The molecule has 1 N–H and O–H groups in total. The molecular weight excluding hydrogens is 404 g/mol. The molecule has 0 aliphatic carbocycles. The van der Waals surface area contributed by atoms with Crippen molar-refractivity contribution in [1.82, 2.24) is 10.3 Å². The van der Waals surface area contributed by atoms with Crippen LogP contribution in [0, 0.1) is 6.92 Å². The number of nitrogens with one attached hydrogen (secondary N) is 1. The van der Waals surface area contributed by atoms with E-state index >= 15 is 0 Å². The van der Waals surface area contributed by atoms with Crippen LogP contribution in [-0.4, -0.2) is 24.8 Å². The molecule has 6 nitrogen and oxygen atoms in total. The summed E-state index contributed by atoms with van der Waals surface area (Å²) in [4.78, 5) is 17.0. The summed E-state index contributed by atoms with van der Waals surface area (Å²) in [5.41, 5.74) is 4.82. The van der Waals surface area contributed by atoms with Crippen LogP contribution in [0.5, 0.6) is 17.2 Å². The maximum atomic E-state index is 12.7. The number of carbonyl (C=O) groups is 1. The van der Waals surface area contributed by atoms with Crippen LogP contribution in [0.4, 0.5) is 0 Å². The number of carbonyl (C=O) groups excluding carboxylic acids is 1. The number of fused-ring (bicyclic) bond motifs is 2. The molecule has 160 valence electrons. The summed E-state index contributed by atoms with van der Waals surface area (Å²) in [6.07, 6.45) is 3.63. The quantitative estimate of drug-likeness (QED) is 0.493. The zero-order valence-corrected chi connectivity index (χ0v) is 17.8. The topological polar surface area (TPSA) is 69.7 Å². The first-order valence-corrected chi connectivity index (χ1v) is 10.3. The second kappa shape index (κ2) is 8.23. The normalized spacial score (nSPS) is 12.1. The van der Waals surface area contributed by atoms with Gasteiger partial charge in [0.2, 0.25) is 6.79 Å². The molecule has 0 fully saturated rings. The van der Waals surface area contributed by atoms with Crippen LogP contribution in [0.25, 0.3) is 21.9 Å². The minimum atomic E-state index is -0.171. The lowest BCUT2D eigenvalue weighted by Gasteiger charge is -2.13. The summed E-state index contributed by atoms with van der Waals surface area (Å²) < 4.78 is 16.1. The lowest BCUT2D eigenvalue weighted by atomic mass is 9.95. The average Bonchev–Trinajstić information content (AvgIpc) is 3.30. The first-order valence-electron chi connectivity index (χ1n) is 10.3. The molecule has 0 spiro atoms. The molecule has 0 saturated heterocycles. The van der Waals surface area contributed by atoms with Crippen molar-refractivity contribution in [3.05, 3.63) is 83.7 Å². The molecule has 5 rings (SSSR count). The second-order valence-electron chi connectivity index (χ2n) is 7.63. The Hall–Kier alpha value is -4.06. The van der Waals surface area contributed by atoms with Crippen LogP contribution >= 0.6 is 0 Å². The standard InChI is InChI=1S/C26H22N2O4/c1-16-11-17(4-7-23(16)30-2)20-6-3-19(22-14-27-10-9-21(20)22)13-28-26(29)18-5-8-24-25(12-18)32-15-31-24/h3-12,14H,13,15H2,1-2H3,(H,28,29). The number of hydrogen-bond acceptors (Lipinski definition) is 5. The van der Waals surface area contributed by atoms with E-state index in [0.717, 1.165) is 38.8 Å². The Morgan fingerprint density at radius 1 is 1.03 bits per heavy atom. The van der Waals surface area contributed by atoms with Gasteiger partial charge in [0.1, 0.15) is 5.75 Å². The number of ether oxygens (including phenoxy) is 3. The van der Waals surface area contributed by atoms with Crippen molar-refractivity contribution < 1.29 is 19.0 Å². The summed E-state index contributed by atoms with van der Waals surface area (Å²) in [6.45, 7) is 2.60. The summed E-state index contributed by atoms with van der Waals surface area (Å²) in [6, 6.07) is 17.5. The number of amides is 1. The number of benzene rings is 3. The molecule has 6 heteroatoms. The Kier molecular flexibility index (Phi) is 5.11. The third-order valence-corrected chi connectivity index (χ3v) is 5.69. The Labute approximate surface area is 185 Å². The van der Waals surface area contributed by atoms with Gasteiger partial charge in [-0.2, -0.15) is 0 Å². The monoisotopic (exact) mass is 426 g/mol. The van der Waals surface area contributed by atoms with Crippen LogP contribution in [0.1, 0.15) is 21.5 Å². The van der Waals surface area contributed by atoms with Gasteiger partial charge in [-0.1, -0.05) is 18.2 Å². The minimum Gasteiger partial charge on any atom is -0.496 e. The minimum absolute atomic E-state index is 0.171. The van der Waals surface area contributed by atoms with Crippen molar-refractivity contribution >= 4 is 16.7 Å². The molecule has 1 amide bonds. The smallest absolute Gasteiger partial charge is 0.251 e. The molecule has 2 heterocycles. The maximum absolute atomic E-state index is 12.7. The number of rotatable bonds is 5. The molecule has 0 atom stereocenters. The predicted molar refractivity (Wildman–Crippen MR) is 122 cm³/mol. The highest BCUT2D eigenvalue weighted by Crippen LogP contribution is 2.34. The molecule has 4 aromatic rings. The zero-order chi connectivity index (χ0) is 22.1. The third kappa shape index (κ3) is 3.60. The van der Waals surface area contributed by atoms with Crippen LogP contribution < -0.4 is 19.5 Å². The summed E-state index contributed by atoms with van der Waals surface area (Å²) in [5, 5.41) is 5.09. The predicted octanol–water partition coefficient (Wildman–Crippen LogP) is 4.88. The van der Waals surface area contributed by atoms with Gasteiger partial charge in [0.25, 0.3) is 5.91 Å². The summed E-state index contributed by atoms with van der Waals surface area (Å²) >= 11 is 0. The Balaban J connectivity index is 1.42. The molecular formula is C26H22N2O4. The van der Waals surface area contributed by atoms with E-state index in [1.54, 1.807) is 31.5 Å². The first-order chi connectivity index (χ1) is 15.6. The fraction of sp³-hybridized carbons (Fsp3) is 0.154. The number of nitrogens with zero attached hydrogens (tertiary/aromatic N) is 1. The molecule has 1 aliphatic heterocycles. The number of hydrogen-bond donors (Lipinski definition) is 1. The van der Waals surface area contributed by atoms with E-state index < -0.39 is 0 Å². The fourth-order valence-corrected chi connectivity index (χ4v) is 4.02. The highest BCUT2D eigenvalue weighted by atomic mass is 16.7. The highest BCUT2D eigenvalue weighted by Gasteiger charge is 2.16. The largest absolute Gasteiger partial charge is 0.496 e. The zero-order valence-electron chi connectivity index (χ0n) is 17.8. The fourth-order valence-electron chi connectivity index (χ4n) is 4.02. The van der Waals surface area contributed by atoms with Crippen molar-refractivity contribution in [2.24, 2.45) is 0 Å². The number of methoxy groups -OCH3 is 1. The second-order valence-corrected chi connectivity index (χ2v) is 7.63. The van der Waals surface area contributed by atoms with E-state index in [4.69, 9.17) is 14.2 Å². The van der Waals surface area contributed by atoms with E-state index in [1.165, 1.54) is 0 Å². The van der Waals surface area contributed by atoms with Crippen molar-refractivity contribution in [3.63, 3.8) is 0 Å². The van der Waals surface area contributed by atoms with Gasteiger partial charge < -0.3 is 19.5 Å². The van der Waals surface area contributed by atoms with E-state index in [1.807, 2.05) is 31.3 Å². The van der Waals surface area contributed by atoms with Crippen LogP contribution in [0.3, 0.4) is 0 Å². The van der Waals surface area contributed by atoms with Crippen molar-refractivity contribution in [1.29, 1.82) is 0 Å². The number of aryl methyl sites for hydroxylation is 1. The molecule has 0 bridgehead atoms. The average molecular weight is 426 g/mol. The Bertz CT molecular complexity index is 1330. The molecule has 0 radical (unpaired) electrons. The number of aromatic nitrogens is 1. The highest BCUT2D eigenvalue weighted by molar-refractivity contribution is 5.99. The van der Waals surface area contributed by atoms with Crippen LogP contribution in [0.2, 0.25) is 0 Å². The number of pyridine rings is 1. The van der Waals surface area contributed by atoms with Crippen molar-refractivity contribution in [2.45, 2.75) is 13.5 Å². The van der Waals surface area contributed by atoms with E-state index in [2.05, 4.69) is 28.5 Å². The van der Waals surface area contributed by atoms with Crippen LogP contribution in [0.15, 0.2) is 67.0 Å². The lowest BCUT2D eigenvalue weighted by Crippen LogP contribution is -2.22. The van der Waals surface area contributed by atoms with Gasteiger partial charge in [-0.15, -0.1) is 0 Å². The third-order valence-electron chi connectivity index (χ3n) is 5.69. The molecule has 1 aliphatic rings. The SMILES string of the molecule is COc1ccc(-c2ccc(CNC(=O)c3ccc4c(c3)OCO4)c3cnccc23)cc1C. The maximum Gasteiger partial charge on any atom is 0.251 e. The Morgan fingerprint density at radius 2 is 1.91 bits per heavy atom. The molecule has 0 unspecified atom stereocenters. The Morgan fingerprint density at radius 3 is 2.75 bits per heavy atom. The molecule has 3 aromatic carbocycles. The van der Waals surface area contributed by atoms with Crippen LogP contribution in [-0.2, 0) is 6.54 Å². The van der Waals surface area contributed by atoms with Crippen molar-refractivity contribution in [2.75, 3.05) is 13.9 Å². The van der Waals surface area contributed by atoms with E-state index in [-0.39, 0.29) is 12.7 Å². The molecule has 32 heavy (non-hydrogen) atoms. The van der Waals surface area contributed by atoms with Crippen molar-refractivity contribution in [3.8, 4) is 28.4 Å². The molecule has 0 saturated carbocycles. The summed E-state index contributed by atoms with van der Waals surface area (Å²) in [7, 11) is 1.68. The lowest BCUT2D eigenvalue weighted by molar-refractivity contribution is 0.0950. The van der Waals surface area contributed by atoms with E-state index in [9.17, 15) is 4.79 Å². The van der Waals surface area contributed by atoms with Gasteiger partial charge in [-0.25, -0.2) is 0 Å². The van der Waals surface area contributed by atoms with Gasteiger partial charge in [0.15, 0.2) is 11.5 Å².